The van der Waals surface area contributed by atoms with Gasteiger partial charge in [-0.3, -0.25) is 10.1 Å². The van der Waals surface area contributed by atoms with Gasteiger partial charge in [0.25, 0.3) is 5.69 Å². The van der Waals surface area contributed by atoms with Crippen molar-refractivity contribution in [1.29, 1.82) is 0 Å². The molecule has 0 aliphatic heterocycles. The topological polar surface area (TPSA) is 72.4 Å². The van der Waals surface area contributed by atoms with Crippen LogP contribution >= 0.6 is 0 Å². The van der Waals surface area contributed by atoms with Crippen molar-refractivity contribution in [3.63, 3.8) is 0 Å². The number of nitrogen functional groups attached to an aromatic ring is 1. The maximum atomic E-state index is 10.7. The summed E-state index contributed by atoms with van der Waals surface area (Å²) in [6.45, 7) is 3.13. The zero-order chi connectivity index (χ0) is 13.1. The van der Waals surface area contributed by atoms with Crippen molar-refractivity contribution in [1.82, 2.24) is 0 Å². The second-order valence-corrected chi connectivity index (χ2v) is 4.78. The van der Waals surface area contributed by atoms with E-state index >= 15 is 0 Å². The van der Waals surface area contributed by atoms with Crippen LogP contribution in [0.3, 0.4) is 0 Å². The number of benzene rings is 1. The summed E-state index contributed by atoms with van der Waals surface area (Å²) in [6, 6.07) is 5.34. The van der Waals surface area contributed by atoms with Crippen molar-refractivity contribution in [2.24, 2.45) is 0 Å². The summed E-state index contributed by atoms with van der Waals surface area (Å²) in [7, 11) is 0. The number of anilines is 2. The summed E-state index contributed by atoms with van der Waals surface area (Å²) in [5.41, 5.74) is 7.46. The van der Waals surface area contributed by atoms with Crippen LogP contribution in [0.4, 0.5) is 17.1 Å². The Bertz CT molecular complexity index is 444. The Morgan fingerprint density at radius 3 is 2.72 bits per heavy atom. The molecule has 0 saturated heterocycles. The summed E-state index contributed by atoms with van der Waals surface area (Å²) in [6.07, 6.45) is 4.64. The van der Waals surface area contributed by atoms with Crippen molar-refractivity contribution in [3.05, 3.63) is 28.3 Å². The molecule has 2 rings (SSSR count). The van der Waals surface area contributed by atoms with Gasteiger partial charge in [-0.1, -0.05) is 13.3 Å². The number of hydrogen-bond donors (Lipinski definition) is 1. The summed E-state index contributed by atoms with van der Waals surface area (Å²) in [5.74, 6) is 0. The Hall–Kier alpha value is -1.78. The number of nitrogens with zero attached hydrogens (tertiary/aromatic N) is 2. The van der Waals surface area contributed by atoms with E-state index in [9.17, 15) is 10.1 Å². The van der Waals surface area contributed by atoms with Gasteiger partial charge in [0.2, 0.25) is 0 Å². The van der Waals surface area contributed by atoms with Gasteiger partial charge in [0.15, 0.2) is 0 Å². The van der Waals surface area contributed by atoms with Crippen LogP contribution < -0.4 is 10.6 Å². The van der Waals surface area contributed by atoms with E-state index in [-0.39, 0.29) is 5.69 Å². The largest absolute Gasteiger partial charge is 0.397 e. The van der Waals surface area contributed by atoms with Gasteiger partial charge < -0.3 is 10.6 Å². The third-order valence-electron chi connectivity index (χ3n) is 3.27. The van der Waals surface area contributed by atoms with Gasteiger partial charge in [-0.05, 0) is 25.3 Å². The molecule has 0 spiro atoms. The van der Waals surface area contributed by atoms with Crippen LogP contribution in [-0.2, 0) is 0 Å². The van der Waals surface area contributed by atoms with Crippen LogP contribution in [0.25, 0.3) is 0 Å². The third-order valence-corrected chi connectivity index (χ3v) is 3.27. The van der Waals surface area contributed by atoms with Crippen LogP contribution in [-0.4, -0.2) is 17.5 Å². The second-order valence-electron chi connectivity index (χ2n) is 4.78. The highest BCUT2D eigenvalue weighted by Crippen LogP contribution is 2.36. The monoisotopic (exact) mass is 249 g/mol. The summed E-state index contributed by atoms with van der Waals surface area (Å²) < 4.78 is 0. The zero-order valence-corrected chi connectivity index (χ0v) is 10.6. The van der Waals surface area contributed by atoms with E-state index < -0.39 is 4.92 Å². The van der Waals surface area contributed by atoms with E-state index in [1.54, 1.807) is 6.07 Å². The normalized spacial score (nSPS) is 14.5. The molecule has 5 heteroatoms. The lowest BCUT2D eigenvalue weighted by molar-refractivity contribution is -0.384. The van der Waals surface area contributed by atoms with Crippen molar-refractivity contribution >= 4 is 17.1 Å². The van der Waals surface area contributed by atoms with E-state index in [2.05, 4.69) is 11.8 Å². The fraction of sp³-hybridized carbons (Fsp3) is 0.538. The number of non-ortho nitro benzene ring substituents is 1. The lowest BCUT2D eigenvalue weighted by Gasteiger charge is -2.25. The predicted octanol–water partition coefficient (Wildman–Crippen LogP) is 2.95. The second kappa shape index (κ2) is 5.25. The molecule has 0 aromatic heterocycles. The highest BCUT2D eigenvalue weighted by molar-refractivity contribution is 5.71. The van der Waals surface area contributed by atoms with E-state index in [0.29, 0.717) is 11.7 Å². The molecule has 0 radical (unpaired) electrons. The summed E-state index contributed by atoms with van der Waals surface area (Å²) in [4.78, 5) is 12.6. The Morgan fingerprint density at radius 2 is 2.22 bits per heavy atom. The van der Waals surface area contributed by atoms with Gasteiger partial charge >= 0.3 is 0 Å². The Labute approximate surface area is 107 Å². The van der Waals surface area contributed by atoms with Crippen LogP contribution in [0.5, 0.6) is 0 Å². The molecule has 1 aromatic rings. The van der Waals surface area contributed by atoms with E-state index in [0.717, 1.165) is 25.1 Å². The molecular weight excluding hydrogens is 230 g/mol. The molecule has 1 saturated carbocycles. The molecule has 18 heavy (non-hydrogen) atoms. The molecule has 0 bridgehead atoms. The van der Waals surface area contributed by atoms with Gasteiger partial charge in [0.05, 0.1) is 16.3 Å². The van der Waals surface area contributed by atoms with Crippen LogP contribution in [0.2, 0.25) is 0 Å². The van der Waals surface area contributed by atoms with Gasteiger partial charge in [0, 0.05) is 24.7 Å². The molecule has 1 aliphatic rings. The molecular formula is C13H19N3O2. The van der Waals surface area contributed by atoms with Crippen molar-refractivity contribution in [2.45, 2.75) is 38.6 Å². The van der Waals surface area contributed by atoms with Crippen molar-refractivity contribution < 1.29 is 4.92 Å². The number of rotatable bonds is 6. The molecule has 0 amide bonds. The molecule has 2 N–H and O–H groups in total. The predicted molar refractivity (Wildman–Crippen MR) is 72.8 cm³/mol. The van der Waals surface area contributed by atoms with E-state index in [1.807, 2.05) is 0 Å². The summed E-state index contributed by atoms with van der Waals surface area (Å²) >= 11 is 0. The number of nitro benzene ring substituents is 1. The van der Waals surface area contributed by atoms with Gasteiger partial charge in [-0.25, -0.2) is 0 Å². The average molecular weight is 249 g/mol. The minimum Gasteiger partial charge on any atom is -0.397 e. The van der Waals surface area contributed by atoms with Gasteiger partial charge in [-0.15, -0.1) is 0 Å². The fourth-order valence-corrected chi connectivity index (χ4v) is 2.13. The highest BCUT2D eigenvalue weighted by Gasteiger charge is 2.30. The van der Waals surface area contributed by atoms with E-state index in [4.69, 9.17) is 5.73 Å². The molecule has 1 aliphatic carbocycles. The van der Waals surface area contributed by atoms with E-state index in [1.165, 1.54) is 25.0 Å². The Morgan fingerprint density at radius 1 is 1.50 bits per heavy atom. The van der Waals surface area contributed by atoms with Crippen LogP contribution in [0.1, 0.15) is 32.6 Å². The lowest BCUT2D eigenvalue weighted by atomic mass is 10.2. The average Bonchev–Trinajstić information content (AvgIpc) is 3.15. The first-order chi connectivity index (χ1) is 8.63. The quantitative estimate of drug-likeness (QED) is 0.478. The van der Waals surface area contributed by atoms with Gasteiger partial charge in [-0.2, -0.15) is 0 Å². The smallest absolute Gasteiger partial charge is 0.271 e. The number of unbranched alkanes of at least 4 members (excludes halogenated alkanes) is 1. The van der Waals surface area contributed by atoms with Crippen LogP contribution in [0.15, 0.2) is 18.2 Å². The van der Waals surface area contributed by atoms with Gasteiger partial charge in [0.1, 0.15) is 0 Å². The Kier molecular flexibility index (Phi) is 3.69. The molecule has 0 unspecified atom stereocenters. The first kappa shape index (κ1) is 12.7. The molecule has 98 valence electrons. The maximum Gasteiger partial charge on any atom is 0.271 e. The molecule has 1 fully saturated rings. The van der Waals surface area contributed by atoms with Crippen LogP contribution in [0, 0.1) is 10.1 Å². The molecule has 5 nitrogen and oxygen atoms in total. The number of hydrogen-bond acceptors (Lipinski definition) is 4. The minimum absolute atomic E-state index is 0.0579. The number of nitrogens with two attached hydrogens (primary N) is 1. The summed E-state index contributed by atoms with van der Waals surface area (Å²) in [5, 5.41) is 10.7. The first-order valence-corrected chi connectivity index (χ1v) is 6.44. The molecule has 0 heterocycles. The minimum atomic E-state index is -0.409. The lowest BCUT2D eigenvalue weighted by Crippen LogP contribution is -2.27. The standard InChI is InChI=1S/C13H19N3O2/c1-2-3-8-15(10-4-5-10)13-7-6-11(16(17)18)9-12(13)14/h6-7,9-10H,2-5,8,14H2,1H3. The fourth-order valence-electron chi connectivity index (χ4n) is 2.13. The maximum absolute atomic E-state index is 10.7. The number of nitro groups is 1. The van der Waals surface area contributed by atoms with Crippen molar-refractivity contribution in [3.8, 4) is 0 Å². The highest BCUT2D eigenvalue weighted by atomic mass is 16.6. The SMILES string of the molecule is CCCCN(c1ccc([N+](=O)[O-])cc1N)C1CC1. The first-order valence-electron chi connectivity index (χ1n) is 6.44. The molecule has 1 aromatic carbocycles. The van der Waals surface area contributed by atoms with Crippen molar-refractivity contribution in [2.75, 3.05) is 17.2 Å². The Balaban J connectivity index is 2.21. The zero-order valence-electron chi connectivity index (χ0n) is 10.6. The third kappa shape index (κ3) is 2.72. The molecule has 0 atom stereocenters.